The molecule has 0 unspecified atom stereocenters. The molecular weight excluding hydrogens is 218 g/mol. The Hall–Kier alpha value is -1.97. The number of carbonyl (C=O) groups is 1. The molecule has 0 aromatic heterocycles. The van der Waals surface area contributed by atoms with Crippen molar-refractivity contribution in [3.8, 4) is 0 Å². The normalized spacial score (nSPS) is 11.7. The van der Waals surface area contributed by atoms with Gasteiger partial charge in [-0.2, -0.15) is 0 Å². The summed E-state index contributed by atoms with van der Waals surface area (Å²) >= 11 is 0. The van der Waals surface area contributed by atoms with Gasteiger partial charge in [-0.25, -0.2) is 4.79 Å². The average Bonchev–Trinajstić information content (AvgIpc) is 2.28. The minimum atomic E-state index is -0.998. The van der Waals surface area contributed by atoms with E-state index < -0.39 is 5.97 Å². The van der Waals surface area contributed by atoms with Crippen molar-refractivity contribution in [1.82, 2.24) is 4.90 Å². The van der Waals surface area contributed by atoms with Crippen LogP contribution in [0, 0.1) is 0 Å². The Kier molecular flexibility index (Phi) is 4.57. The Balaban J connectivity index is 3.32. The van der Waals surface area contributed by atoms with E-state index in [9.17, 15) is 9.90 Å². The standard InChI is InChI=1S/C13H17NO3/c1-4-17-12(10-8-6-5-7-9-10)11(13(15)16)14(2)3/h5-9H,4H2,1-3H3,(H,15,16)/b12-11-. The zero-order valence-electron chi connectivity index (χ0n) is 10.3. The molecule has 1 N–H and O–H groups in total. The highest BCUT2D eigenvalue weighted by Crippen LogP contribution is 2.21. The molecule has 0 atom stereocenters. The molecule has 1 aromatic carbocycles. The summed E-state index contributed by atoms with van der Waals surface area (Å²) < 4.78 is 5.47. The van der Waals surface area contributed by atoms with E-state index in [1.54, 1.807) is 19.0 Å². The molecule has 0 bridgehead atoms. The lowest BCUT2D eigenvalue weighted by Gasteiger charge is -2.18. The van der Waals surface area contributed by atoms with Gasteiger partial charge in [-0.15, -0.1) is 0 Å². The fourth-order valence-electron chi connectivity index (χ4n) is 1.51. The largest absolute Gasteiger partial charge is 0.491 e. The van der Waals surface area contributed by atoms with Gasteiger partial charge in [0.1, 0.15) is 0 Å². The van der Waals surface area contributed by atoms with Gasteiger partial charge < -0.3 is 14.7 Å². The second-order valence-electron chi connectivity index (χ2n) is 3.68. The Morgan fingerprint density at radius 3 is 2.29 bits per heavy atom. The van der Waals surface area contributed by atoms with E-state index in [0.717, 1.165) is 5.56 Å². The van der Waals surface area contributed by atoms with Gasteiger partial charge in [0, 0.05) is 19.7 Å². The van der Waals surface area contributed by atoms with Crippen LogP contribution in [0.25, 0.3) is 5.76 Å². The molecule has 0 fully saturated rings. The predicted molar refractivity (Wildman–Crippen MR) is 66.3 cm³/mol. The first kappa shape index (κ1) is 13.1. The number of ether oxygens (including phenoxy) is 1. The third-order valence-electron chi connectivity index (χ3n) is 2.19. The van der Waals surface area contributed by atoms with E-state index in [2.05, 4.69) is 0 Å². The van der Waals surface area contributed by atoms with Crippen LogP contribution in [0.2, 0.25) is 0 Å². The lowest BCUT2D eigenvalue weighted by molar-refractivity contribution is -0.134. The zero-order valence-corrected chi connectivity index (χ0v) is 10.3. The predicted octanol–water partition coefficient (Wildman–Crippen LogP) is 2.04. The number of benzene rings is 1. The van der Waals surface area contributed by atoms with E-state index in [0.29, 0.717) is 12.4 Å². The Labute approximate surface area is 101 Å². The lowest BCUT2D eigenvalue weighted by Crippen LogP contribution is -2.21. The van der Waals surface area contributed by atoms with Crippen molar-refractivity contribution in [2.75, 3.05) is 20.7 Å². The fraction of sp³-hybridized carbons (Fsp3) is 0.308. The highest BCUT2D eigenvalue weighted by atomic mass is 16.5. The zero-order chi connectivity index (χ0) is 12.8. The van der Waals surface area contributed by atoms with Gasteiger partial charge >= 0.3 is 5.97 Å². The van der Waals surface area contributed by atoms with Gasteiger partial charge in [0.05, 0.1) is 6.61 Å². The number of hydrogen-bond donors (Lipinski definition) is 1. The molecule has 0 aliphatic rings. The number of carboxylic acid groups (broad SMARTS) is 1. The number of rotatable bonds is 5. The van der Waals surface area contributed by atoms with Crippen LogP contribution >= 0.6 is 0 Å². The summed E-state index contributed by atoms with van der Waals surface area (Å²) in [6.07, 6.45) is 0. The van der Waals surface area contributed by atoms with Gasteiger partial charge in [0.15, 0.2) is 11.5 Å². The van der Waals surface area contributed by atoms with Gasteiger partial charge in [0.2, 0.25) is 0 Å². The lowest BCUT2D eigenvalue weighted by atomic mass is 10.1. The quantitative estimate of drug-likeness (QED) is 0.626. The first-order chi connectivity index (χ1) is 8.07. The van der Waals surface area contributed by atoms with E-state index in [4.69, 9.17) is 4.74 Å². The monoisotopic (exact) mass is 235 g/mol. The van der Waals surface area contributed by atoms with Crippen LogP contribution < -0.4 is 0 Å². The summed E-state index contributed by atoms with van der Waals surface area (Å²) in [6, 6.07) is 9.24. The molecule has 0 aliphatic heterocycles. The molecule has 0 spiro atoms. The van der Waals surface area contributed by atoms with E-state index >= 15 is 0 Å². The molecule has 0 heterocycles. The third kappa shape index (κ3) is 3.24. The Morgan fingerprint density at radius 1 is 1.29 bits per heavy atom. The Morgan fingerprint density at radius 2 is 1.88 bits per heavy atom. The van der Waals surface area contributed by atoms with Crippen molar-refractivity contribution in [2.24, 2.45) is 0 Å². The fourth-order valence-corrected chi connectivity index (χ4v) is 1.51. The molecule has 4 nitrogen and oxygen atoms in total. The Bertz CT molecular complexity index is 410. The summed E-state index contributed by atoms with van der Waals surface area (Å²) in [5.74, 6) is -0.604. The van der Waals surface area contributed by atoms with Crippen molar-refractivity contribution < 1.29 is 14.6 Å². The molecule has 0 amide bonds. The van der Waals surface area contributed by atoms with Crippen molar-refractivity contribution in [1.29, 1.82) is 0 Å². The number of aliphatic carboxylic acids is 1. The number of nitrogens with zero attached hydrogens (tertiary/aromatic N) is 1. The van der Waals surface area contributed by atoms with Crippen molar-refractivity contribution >= 4 is 11.7 Å². The SMILES string of the molecule is CCO/C(=C(/C(=O)O)N(C)C)c1ccccc1. The maximum Gasteiger partial charge on any atom is 0.356 e. The summed E-state index contributed by atoms with van der Waals surface area (Å²) in [5, 5.41) is 9.22. The van der Waals surface area contributed by atoms with Crippen LogP contribution in [0.4, 0.5) is 0 Å². The maximum absolute atomic E-state index is 11.3. The second kappa shape index (κ2) is 5.94. The van der Waals surface area contributed by atoms with Gasteiger partial charge in [-0.05, 0) is 6.92 Å². The second-order valence-corrected chi connectivity index (χ2v) is 3.68. The molecule has 17 heavy (non-hydrogen) atoms. The van der Waals surface area contributed by atoms with Crippen LogP contribution in [0.15, 0.2) is 36.0 Å². The molecule has 92 valence electrons. The molecule has 0 saturated heterocycles. The highest BCUT2D eigenvalue weighted by Gasteiger charge is 2.19. The number of carboxylic acids is 1. The summed E-state index contributed by atoms with van der Waals surface area (Å²) in [6.45, 7) is 2.26. The first-order valence-corrected chi connectivity index (χ1v) is 5.41. The van der Waals surface area contributed by atoms with Crippen LogP contribution in [0.5, 0.6) is 0 Å². The molecule has 0 radical (unpaired) electrons. The van der Waals surface area contributed by atoms with Crippen LogP contribution in [-0.4, -0.2) is 36.7 Å². The average molecular weight is 235 g/mol. The molecule has 0 saturated carbocycles. The number of likely N-dealkylation sites (N-methyl/N-ethyl adjacent to an activating group) is 1. The van der Waals surface area contributed by atoms with Crippen LogP contribution in [0.1, 0.15) is 12.5 Å². The molecule has 4 heteroatoms. The minimum absolute atomic E-state index is 0.151. The van der Waals surface area contributed by atoms with Gasteiger partial charge in [0.25, 0.3) is 0 Å². The van der Waals surface area contributed by atoms with Gasteiger partial charge in [-0.3, -0.25) is 0 Å². The molecular formula is C13H17NO3. The molecule has 1 rings (SSSR count). The maximum atomic E-state index is 11.3. The summed E-state index contributed by atoms with van der Waals surface area (Å²) in [4.78, 5) is 12.8. The van der Waals surface area contributed by atoms with E-state index in [1.165, 1.54) is 0 Å². The summed E-state index contributed by atoms with van der Waals surface area (Å²) in [7, 11) is 3.37. The van der Waals surface area contributed by atoms with E-state index in [1.807, 2.05) is 37.3 Å². The van der Waals surface area contributed by atoms with Crippen molar-refractivity contribution in [3.63, 3.8) is 0 Å². The topological polar surface area (TPSA) is 49.8 Å². The van der Waals surface area contributed by atoms with Crippen LogP contribution in [0.3, 0.4) is 0 Å². The summed E-state index contributed by atoms with van der Waals surface area (Å²) in [5.41, 5.74) is 0.915. The molecule has 1 aromatic rings. The highest BCUT2D eigenvalue weighted by molar-refractivity contribution is 5.94. The number of hydrogen-bond acceptors (Lipinski definition) is 3. The molecule has 0 aliphatic carbocycles. The first-order valence-electron chi connectivity index (χ1n) is 5.41. The van der Waals surface area contributed by atoms with Crippen molar-refractivity contribution in [2.45, 2.75) is 6.92 Å². The van der Waals surface area contributed by atoms with Crippen molar-refractivity contribution in [3.05, 3.63) is 41.6 Å². The minimum Gasteiger partial charge on any atom is -0.491 e. The van der Waals surface area contributed by atoms with Gasteiger partial charge in [-0.1, -0.05) is 30.3 Å². The third-order valence-corrected chi connectivity index (χ3v) is 2.19. The van der Waals surface area contributed by atoms with Crippen LogP contribution in [-0.2, 0) is 9.53 Å². The smallest absolute Gasteiger partial charge is 0.356 e. The van der Waals surface area contributed by atoms with E-state index in [-0.39, 0.29) is 5.70 Å².